The van der Waals surface area contributed by atoms with Crippen molar-refractivity contribution in [3.8, 4) is 5.75 Å². The Balaban J connectivity index is 1.51. The van der Waals surface area contributed by atoms with Crippen molar-refractivity contribution in [3.63, 3.8) is 0 Å². The summed E-state index contributed by atoms with van der Waals surface area (Å²) in [4.78, 5) is 33.4. The predicted molar refractivity (Wildman–Crippen MR) is 125 cm³/mol. The van der Waals surface area contributed by atoms with Crippen molar-refractivity contribution in [1.29, 1.82) is 0 Å². The summed E-state index contributed by atoms with van der Waals surface area (Å²) in [6, 6.07) is 17.6. The van der Waals surface area contributed by atoms with Gasteiger partial charge in [0.05, 0.1) is 5.56 Å². The average Bonchev–Trinajstić information content (AvgIpc) is 2.82. The first-order valence-corrected chi connectivity index (χ1v) is 11.8. The minimum absolute atomic E-state index is 0.0900. The van der Waals surface area contributed by atoms with Crippen molar-refractivity contribution in [2.75, 3.05) is 11.6 Å². The molecule has 1 aliphatic carbocycles. The normalized spacial score (nSPS) is 17.4. The number of aromatic nitrogens is 2. The molecule has 1 unspecified atom stereocenters. The van der Waals surface area contributed by atoms with Crippen LogP contribution in [0.2, 0.25) is 0 Å². The molecule has 3 aromatic rings. The fourth-order valence-electron chi connectivity index (χ4n) is 4.37. The fourth-order valence-corrected chi connectivity index (χ4v) is 4.75. The third kappa shape index (κ3) is 3.84. The maximum atomic E-state index is 13.0. The van der Waals surface area contributed by atoms with Crippen LogP contribution in [0.3, 0.4) is 0 Å². The molecule has 162 valence electrons. The molecule has 0 spiro atoms. The van der Waals surface area contributed by atoms with E-state index in [-0.39, 0.29) is 11.3 Å². The summed E-state index contributed by atoms with van der Waals surface area (Å²) in [5.74, 6) is 0.929. The average molecular weight is 446 g/mol. The van der Waals surface area contributed by atoms with E-state index < -0.39 is 5.92 Å². The number of carbonyl (C=O) groups excluding carboxylic acids is 1. The predicted octanol–water partition coefficient (Wildman–Crippen LogP) is 4.64. The molecule has 1 aliphatic heterocycles. The molecule has 7 heteroatoms. The van der Waals surface area contributed by atoms with Crippen molar-refractivity contribution in [2.45, 2.75) is 36.9 Å². The van der Waals surface area contributed by atoms with Crippen LogP contribution in [0.5, 0.6) is 5.75 Å². The van der Waals surface area contributed by atoms with Gasteiger partial charge in [0.25, 0.3) is 5.56 Å². The van der Waals surface area contributed by atoms with Crippen LogP contribution < -0.4 is 15.6 Å². The van der Waals surface area contributed by atoms with E-state index in [4.69, 9.17) is 4.74 Å². The Morgan fingerprint density at radius 1 is 1.06 bits per heavy atom. The lowest BCUT2D eigenvalue weighted by atomic mass is 9.76. The maximum Gasteiger partial charge on any atom is 0.257 e. The van der Waals surface area contributed by atoms with E-state index in [9.17, 15) is 9.59 Å². The molecular weight excluding hydrogens is 422 g/mol. The number of allylic oxidation sites excluding steroid dienone is 2. The molecule has 32 heavy (non-hydrogen) atoms. The summed E-state index contributed by atoms with van der Waals surface area (Å²) < 4.78 is 5.91. The van der Waals surface area contributed by atoms with Crippen LogP contribution in [0.15, 0.2) is 75.8 Å². The van der Waals surface area contributed by atoms with Crippen molar-refractivity contribution in [3.05, 3.63) is 92.9 Å². The summed E-state index contributed by atoms with van der Waals surface area (Å²) >= 11 is 1.38. The molecule has 0 saturated heterocycles. The van der Waals surface area contributed by atoms with Crippen molar-refractivity contribution in [1.82, 2.24) is 9.97 Å². The molecule has 2 N–H and O–H groups in total. The molecule has 2 aliphatic rings. The van der Waals surface area contributed by atoms with E-state index >= 15 is 0 Å². The monoisotopic (exact) mass is 445 g/mol. The van der Waals surface area contributed by atoms with Crippen LogP contribution in [-0.2, 0) is 11.4 Å². The molecule has 2 heterocycles. The molecule has 0 radical (unpaired) electrons. The molecule has 2 aromatic carbocycles. The SMILES string of the molecule is CSc1nc2c(c(=O)[nH]1)C(c1ccc(OCc3ccccc3)cc1)C1=C(CCCC1=O)N2. The number of carbonyl (C=O) groups is 1. The van der Waals surface area contributed by atoms with Gasteiger partial charge >= 0.3 is 0 Å². The zero-order valence-electron chi connectivity index (χ0n) is 17.7. The van der Waals surface area contributed by atoms with Crippen LogP contribution in [0, 0.1) is 0 Å². The summed E-state index contributed by atoms with van der Waals surface area (Å²) in [6.45, 7) is 0.477. The highest BCUT2D eigenvalue weighted by Gasteiger charge is 2.37. The number of anilines is 1. The summed E-state index contributed by atoms with van der Waals surface area (Å²) in [5, 5.41) is 3.84. The standard InChI is InChI=1S/C25H23N3O3S/c1-32-25-27-23-22(24(30)28-25)20(21-18(26-23)8-5-9-19(21)29)16-10-12-17(13-11-16)31-14-15-6-3-2-4-7-15/h2-4,6-7,10-13,20H,5,8-9,14H2,1H3,(H2,26,27,28,30). The number of ketones is 1. The first kappa shape index (κ1) is 20.6. The highest BCUT2D eigenvalue weighted by Crippen LogP contribution is 2.43. The number of thioether (sulfide) groups is 1. The number of ether oxygens (including phenoxy) is 1. The van der Waals surface area contributed by atoms with Gasteiger partial charge in [-0.25, -0.2) is 4.98 Å². The molecule has 0 bridgehead atoms. The van der Waals surface area contributed by atoms with Crippen LogP contribution >= 0.6 is 11.8 Å². The van der Waals surface area contributed by atoms with Gasteiger partial charge in [0.15, 0.2) is 10.9 Å². The van der Waals surface area contributed by atoms with E-state index in [0.29, 0.717) is 35.1 Å². The zero-order chi connectivity index (χ0) is 22.1. The number of Topliss-reactive ketones (excluding diaryl/α,β-unsaturated/α-hetero) is 1. The van der Waals surface area contributed by atoms with E-state index in [1.165, 1.54) is 11.8 Å². The summed E-state index contributed by atoms with van der Waals surface area (Å²) in [5.41, 5.74) is 3.82. The molecule has 1 aromatic heterocycles. The highest BCUT2D eigenvalue weighted by atomic mass is 32.2. The molecule has 0 saturated carbocycles. The molecule has 1 atom stereocenters. The smallest absolute Gasteiger partial charge is 0.257 e. The van der Waals surface area contributed by atoms with Gasteiger partial charge in [0.1, 0.15) is 18.2 Å². The minimum atomic E-state index is -0.440. The second-order valence-electron chi connectivity index (χ2n) is 7.91. The number of benzene rings is 2. The Kier molecular flexibility index (Phi) is 5.57. The van der Waals surface area contributed by atoms with Crippen molar-refractivity contribution < 1.29 is 9.53 Å². The Morgan fingerprint density at radius 2 is 1.84 bits per heavy atom. The number of rotatable bonds is 5. The molecule has 0 fully saturated rings. The van der Waals surface area contributed by atoms with Gasteiger partial charge < -0.3 is 15.0 Å². The van der Waals surface area contributed by atoms with Gasteiger partial charge in [-0.05, 0) is 42.4 Å². The first-order valence-electron chi connectivity index (χ1n) is 10.6. The van der Waals surface area contributed by atoms with Gasteiger partial charge in [0, 0.05) is 23.6 Å². The molecule has 0 amide bonds. The van der Waals surface area contributed by atoms with E-state index in [2.05, 4.69) is 15.3 Å². The fraction of sp³-hybridized carbons (Fsp3) is 0.240. The third-order valence-corrected chi connectivity index (χ3v) is 6.47. The Morgan fingerprint density at radius 3 is 2.59 bits per heavy atom. The summed E-state index contributed by atoms with van der Waals surface area (Å²) in [6.07, 6.45) is 3.95. The first-order chi connectivity index (χ1) is 15.6. The van der Waals surface area contributed by atoms with Crippen LogP contribution in [0.25, 0.3) is 0 Å². The van der Waals surface area contributed by atoms with Gasteiger partial charge in [0.2, 0.25) is 0 Å². The maximum absolute atomic E-state index is 13.0. The summed E-state index contributed by atoms with van der Waals surface area (Å²) in [7, 11) is 0. The lowest BCUT2D eigenvalue weighted by molar-refractivity contribution is -0.116. The largest absolute Gasteiger partial charge is 0.489 e. The van der Waals surface area contributed by atoms with E-state index in [1.54, 1.807) is 0 Å². The number of H-pyrrole nitrogens is 1. The Hall–Kier alpha value is -3.32. The number of hydrogen-bond donors (Lipinski definition) is 2. The lowest BCUT2D eigenvalue weighted by Gasteiger charge is -2.32. The second-order valence-corrected chi connectivity index (χ2v) is 8.70. The van der Waals surface area contributed by atoms with Crippen LogP contribution in [0.4, 0.5) is 5.82 Å². The third-order valence-electron chi connectivity index (χ3n) is 5.89. The Labute approximate surface area is 190 Å². The van der Waals surface area contributed by atoms with Gasteiger partial charge in [-0.3, -0.25) is 9.59 Å². The van der Waals surface area contributed by atoms with Crippen LogP contribution in [-0.4, -0.2) is 22.0 Å². The Bertz CT molecular complexity index is 1250. The van der Waals surface area contributed by atoms with Gasteiger partial charge in [-0.15, -0.1) is 0 Å². The highest BCUT2D eigenvalue weighted by molar-refractivity contribution is 7.98. The van der Waals surface area contributed by atoms with Crippen molar-refractivity contribution >= 4 is 23.4 Å². The van der Waals surface area contributed by atoms with E-state index in [1.807, 2.05) is 60.9 Å². The lowest BCUT2D eigenvalue weighted by Crippen LogP contribution is -2.32. The number of fused-ring (bicyclic) bond motifs is 1. The quantitative estimate of drug-likeness (QED) is 0.440. The van der Waals surface area contributed by atoms with Crippen molar-refractivity contribution in [2.24, 2.45) is 0 Å². The van der Waals surface area contributed by atoms with Gasteiger partial charge in [-0.2, -0.15) is 0 Å². The zero-order valence-corrected chi connectivity index (χ0v) is 18.5. The number of nitrogens with one attached hydrogen (secondary N) is 2. The second kappa shape index (κ2) is 8.67. The molecule has 5 rings (SSSR count). The minimum Gasteiger partial charge on any atom is -0.489 e. The van der Waals surface area contributed by atoms with Gasteiger partial charge in [-0.1, -0.05) is 54.2 Å². The van der Waals surface area contributed by atoms with E-state index in [0.717, 1.165) is 35.4 Å². The number of nitrogens with zero attached hydrogens (tertiary/aromatic N) is 1. The topological polar surface area (TPSA) is 84.1 Å². The number of hydrogen-bond acceptors (Lipinski definition) is 6. The van der Waals surface area contributed by atoms with Crippen LogP contribution in [0.1, 0.15) is 41.9 Å². The molecular formula is C25H23N3O3S. The number of aromatic amines is 1. The molecule has 6 nitrogen and oxygen atoms in total.